The quantitative estimate of drug-likeness (QED) is 0.887. The highest BCUT2D eigenvalue weighted by molar-refractivity contribution is 6.07. The molecule has 1 aliphatic heterocycles. The smallest absolute Gasteiger partial charge is 0.254 e. The molecule has 1 fully saturated rings. The summed E-state index contributed by atoms with van der Waals surface area (Å²) in [5.41, 5.74) is 6.23. The summed E-state index contributed by atoms with van der Waals surface area (Å²) in [7, 11) is 0. The Hall–Kier alpha value is -2.40. The van der Waals surface area contributed by atoms with Crippen molar-refractivity contribution in [1.29, 1.82) is 0 Å². The van der Waals surface area contributed by atoms with Crippen LogP contribution in [-0.2, 0) is 4.79 Å². The van der Waals surface area contributed by atoms with Crippen LogP contribution < -0.4 is 11.1 Å². The number of nitrogens with one attached hydrogen (secondary N) is 1. The topological polar surface area (TPSA) is 75.4 Å². The average Bonchev–Trinajstić information content (AvgIpc) is 2.64. The second-order valence-electron chi connectivity index (χ2n) is 7.80. The molecule has 0 aliphatic carbocycles. The minimum Gasteiger partial charge on any atom is -0.354 e. The van der Waals surface area contributed by atoms with Crippen LogP contribution in [0.3, 0.4) is 0 Å². The number of piperidine rings is 1. The zero-order chi connectivity index (χ0) is 18.7. The normalized spacial score (nSPS) is 15.9. The van der Waals surface area contributed by atoms with E-state index in [1.807, 2.05) is 61.2 Å². The number of nitrogens with two attached hydrogens (primary N) is 1. The molecule has 1 saturated heterocycles. The van der Waals surface area contributed by atoms with Crippen LogP contribution in [0.4, 0.5) is 0 Å². The van der Waals surface area contributed by atoms with Gasteiger partial charge in [-0.25, -0.2) is 0 Å². The van der Waals surface area contributed by atoms with Gasteiger partial charge in [-0.2, -0.15) is 0 Å². The molecule has 3 N–H and O–H groups in total. The van der Waals surface area contributed by atoms with E-state index in [4.69, 9.17) is 5.73 Å². The third-order valence-corrected chi connectivity index (χ3v) is 4.89. The van der Waals surface area contributed by atoms with Crippen LogP contribution >= 0.6 is 0 Å². The molecule has 26 heavy (non-hydrogen) atoms. The van der Waals surface area contributed by atoms with Crippen molar-refractivity contribution in [2.45, 2.75) is 32.2 Å². The number of nitrogens with zero attached hydrogens (tertiary/aromatic N) is 1. The lowest BCUT2D eigenvalue weighted by Crippen LogP contribution is -2.48. The Balaban J connectivity index is 1.63. The Morgan fingerprint density at radius 1 is 1.12 bits per heavy atom. The minimum atomic E-state index is -0.416. The molecule has 1 heterocycles. The fourth-order valence-corrected chi connectivity index (χ4v) is 3.39. The van der Waals surface area contributed by atoms with Crippen molar-refractivity contribution in [3.63, 3.8) is 0 Å². The van der Waals surface area contributed by atoms with Crippen molar-refractivity contribution >= 4 is 22.6 Å². The van der Waals surface area contributed by atoms with Gasteiger partial charge in [-0.3, -0.25) is 9.59 Å². The van der Waals surface area contributed by atoms with Gasteiger partial charge in [0.25, 0.3) is 5.91 Å². The molecule has 0 bridgehead atoms. The number of benzene rings is 2. The molecule has 2 aromatic carbocycles. The highest BCUT2D eigenvalue weighted by atomic mass is 16.2. The lowest BCUT2D eigenvalue weighted by atomic mass is 9.94. The fourth-order valence-electron chi connectivity index (χ4n) is 3.39. The van der Waals surface area contributed by atoms with Crippen molar-refractivity contribution in [3.8, 4) is 0 Å². The van der Waals surface area contributed by atoms with Gasteiger partial charge in [-0.1, -0.05) is 36.4 Å². The lowest BCUT2D eigenvalue weighted by molar-refractivity contribution is -0.126. The van der Waals surface area contributed by atoms with Gasteiger partial charge < -0.3 is 16.0 Å². The van der Waals surface area contributed by atoms with Crippen molar-refractivity contribution in [2.24, 2.45) is 11.7 Å². The maximum Gasteiger partial charge on any atom is 0.254 e. The number of rotatable bonds is 4. The highest BCUT2D eigenvalue weighted by Gasteiger charge is 2.28. The first kappa shape index (κ1) is 18.4. The maximum atomic E-state index is 13.0. The second kappa shape index (κ2) is 7.46. The largest absolute Gasteiger partial charge is 0.354 e. The van der Waals surface area contributed by atoms with E-state index in [1.165, 1.54) is 0 Å². The molecule has 0 unspecified atom stereocenters. The third kappa shape index (κ3) is 4.22. The Morgan fingerprint density at radius 2 is 1.77 bits per heavy atom. The first-order valence-corrected chi connectivity index (χ1v) is 9.19. The van der Waals surface area contributed by atoms with E-state index in [0.717, 1.165) is 16.3 Å². The summed E-state index contributed by atoms with van der Waals surface area (Å²) in [6.07, 6.45) is 1.38. The fraction of sp³-hybridized carbons (Fsp3) is 0.429. The van der Waals surface area contributed by atoms with Crippen LogP contribution in [0.1, 0.15) is 37.0 Å². The number of carbonyl (C=O) groups excluding carboxylic acids is 2. The van der Waals surface area contributed by atoms with Gasteiger partial charge in [0.2, 0.25) is 5.91 Å². The van der Waals surface area contributed by atoms with Crippen molar-refractivity contribution < 1.29 is 9.59 Å². The molecule has 0 atom stereocenters. The van der Waals surface area contributed by atoms with Gasteiger partial charge in [-0.15, -0.1) is 0 Å². The van der Waals surface area contributed by atoms with E-state index in [-0.39, 0.29) is 17.7 Å². The minimum absolute atomic E-state index is 0.0424. The summed E-state index contributed by atoms with van der Waals surface area (Å²) in [5, 5.41) is 4.97. The first-order valence-electron chi connectivity index (χ1n) is 9.19. The number of amides is 2. The van der Waals surface area contributed by atoms with Crippen LogP contribution in [0, 0.1) is 5.92 Å². The number of fused-ring (bicyclic) bond motifs is 1. The van der Waals surface area contributed by atoms with Gasteiger partial charge in [0.15, 0.2) is 0 Å². The first-order chi connectivity index (χ1) is 12.3. The number of hydrogen-bond donors (Lipinski definition) is 2. The molecule has 0 radical (unpaired) electrons. The van der Waals surface area contributed by atoms with E-state index in [0.29, 0.717) is 32.5 Å². The van der Waals surface area contributed by atoms with Gasteiger partial charge >= 0.3 is 0 Å². The van der Waals surface area contributed by atoms with Crippen molar-refractivity contribution in [3.05, 3.63) is 48.0 Å². The molecular formula is C21H27N3O2. The lowest BCUT2D eigenvalue weighted by Gasteiger charge is -2.32. The van der Waals surface area contributed by atoms with Crippen LogP contribution in [0.2, 0.25) is 0 Å². The summed E-state index contributed by atoms with van der Waals surface area (Å²) in [6.45, 7) is 5.44. The number of hydrogen-bond acceptors (Lipinski definition) is 3. The van der Waals surface area contributed by atoms with E-state index >= 15 is 0 Å². The summed E-state index contributed by atoms with van der Waals surface area (Å²) >= 11 is 0. The third-order valence-electron chi connectivity index (χ3n) is 4.89. The van der Waals surface area contributed by atoms with E-state index in [9.17, 15) is 9.59 Å². The van der Waals surface area contributed by atoms with E-state index in [1.54, 1.807) is 0 Å². The van der Waals surface area contributed by atoms with Gasteiger partial charge in [0.05, 0.1) is 0 Å². The monoisotopic (exact) mass is 353 g/mol. The van der Waals surface area contributed by atoms with E-state index < -0.39 is 5.54 Å². The molecule has 138 valence electrons. The predicted molar refractivity (Wildman–Crippen MR) is 104 cm³/mol. The summed E-state index contributed by atoms with van der Waals surface area (Å²) < 4.78 is 0. The Labute approximate surface area is 154 Å². The average molecular weight is 353 g/mol. The van der Waals surface area contributed by atoms with Gasteiger partial charge in [0.1, 0.15) is 0 Å². The Morgan fingerprint density at radius 3 is 2.46 bits per heavy atom. The maximum absolute atomic E-state index is 13.0. The van der Waals surface area contributed by atoms with E-state index in [2.05, 4.69) is 5.32 Å². The zero-order valence-corrected chi connectivity index (χ0v) is 15.5. The van der Waals surface area contributed by atoms with Crippen LogP contribution in [0.25, 0.3) is 10.8 Å². The number of carbonyl (C=O) groups is 2. The molecule has 0 saturated carbocycles. The number of likely N-dealkylation sites (tertiary alicyclic amines) is 1. The Kier molecular flexibility index (Phi) is 5.28. The SMILES string of the molecule is CC(C)(N)CNC(=O)C1CCN(C(=O)c2cccc3ccccc23)CC1. The Bertz CT molecular complexity index is 797. The van der Waals surface area contributed by atoms with Crippen LogP contribution in [-0.4, -0.2) is 41.9 Å². The summed E-state index contributed by atoms with van der Waals surface area (Å²) in [4.78, 5) is 27.1. The van der Waals surface area contributed by atoms with Gasteiger partial charge in [-0.05, 0) is 43.5 Å². The molecule has 2 amide bonds. The van der Waals surface area contributed by atoms with Crippen molar-refractivity contribution in [2.75, 3.05) is 19.6 Å². The van der Waals surface area contributed by atoms with Gasteiger partial charge in [0, 0.05) is 36.7 Å². The van der Waals surface area contributed by atoms with Crippen LogP contribution in [0.15, 0.2) is 42.5 Å². The molecule has 1 aliphatic rings. The summed E-state index contributed by atoms with van der Waals surface area (Å²) in [5.74, 6) is 0.0402. The predicted octanol–water partition coefficient (Wildman–Crippen LogP) is 2.55. The molecule has 3 rings (SSSR count). The van der Waals surface area contributed by atoms with Crippen LogP contribution in [0.5, 0.6) is 0 Å². The zero-order valence-electron chi connectivity index (χ0n) is 15.5. The molecular weight excluding hydrogens is 326 g/mol. The molecule has 5 heteroatoms. The molecule has 0 aromatic heterocycles. The molecule has 2 aromatic rings. The molecule has 0 spiro atoms. The summed E-state index contributed by atoms with van der Waals surface area (Å²) in [6, 6.07) is 13.7. The highest BCUT2D eigenvalue weighted by Crippen LogP contribution is 2.23. The van der Waals surface area contributed by atoms with Crippen molar-refractivity contribution in [1.82, 2.24) is 10.2 Å². The molecule has 5 nitrogen and oxygen atoms in total. The second-order valence-corrected chi connectivity index (χ2v) is 7.80. The standard InChI is InChI=1S/C21H27N3O2/c1-21(2,22)14-23-19(25)16-10-12-24(13-11-16)20(26)18-9-5-7-15-6-3-4-8-17(15)18/h3-9,16H,10-14,22H2,1-2H3,(H,23,25).